The highest BCUT2D eigenvalue weighted by atomic mass is 35.5. The van der Waals surface area contributed by atoms with Crippen LogP contribution in [0.3, 0.4) is 0 Å². The lowest BCUT2D eigenvalue weighted by molar-refractivity contribution is 0.0599. The van der Waals surface area contributed by atoms with Gasteiger partial charge in [-0.05, 0) is 42.0 Å². The fourth-order valence-electron chi connectivity index (χ4n) is 2.75. The summed E-state index contributed by atoms with van der Waals surface area (Å²) in [5, 5.41) is 23.5. The van der Waals surface area contributed by atoms with Crippen LogP contribution in [0.25, 0.3) is 17.8 Å². The molecule has 0 saturated heterocycles. The molecule has 2 aromatic carbocycles. The fourth-order valence-corrected chi connectivity index (χ4v) is 2.88. The van der Waals surface area contributed by atoms with E-state index in [1.54, 1.807) is 18.2 Å². The van der Waals surface area contributed by atoms with Gasteiger partial charge in [0.1, 0.15) is 11.6 Å². The van der Waals surface area contributed by atoms with E-state index in [1.807, 2.05) is 0 Å². The second kappa shape index (κ2) is 9.07. The van der Waals surface area contributed by atoms with Crippen molar-refractivity contribution in [1.29, 1.82) is 5.26 Å². The molecule has 0 bridgehead atoms. The number of benzene rings is 2. The van der Waals surface area contributed by atoms with E-state index in [4.69, 9.17) is 11.6 Å². The normalized spacial score (nSPS) is 10.6. The minimum Gasteiger partial charge on any atom is -0.476 e. The molecule has 0 spiro atoms. The number of nitriles is 1. The summed E-state index contributed by atoms with van der Waals surface area (Å²) < 4.78 is 5.48. The number of rotatable bonds is 5. The van der Waals surface area contributed by atoms with E-state index in [1.165, 1.54) is 55.7 Å². The summed E-state index contributed by atoms with van der Waals surface area (Å²) in [6.45, 7) is 0. The Balaban J connectivity index is 2.10. The maximum absolute atomic E-state index is 12.8. The van der Waals surface area contributed by atoms with Crippen LogP contribution in [0.5, 0.6) is 0 Å². The predicted molar refractivity (Wildman–Crippen MR) is 113 cm³/mol. The number of carboxylic acid groups (broad SMARTS) is 1. The van der Waals surface area contributed by atoms with Crippen LogP contribution in [0.2, 0.25) is 5.02 Å². The number of aromatic carboxylic acids is 1. The molecule has 0 aliphatic heterocycles. The molecule has 1 N–H and O–H groups in total. The summed E-state index contributed by atoms with van der Waals surface area (Å²) in [7, 11) is 1.27. The van der Waals surface area contributed by atoms with Crippen molar-refractivity contribution in [2.75, 3.05) is 7.11 Å². The molecule has 0 saturated carbocycles. The van der Waals surface area contributed by atoms with Crippen LogP contribution in [0, 0.1) is 11.3 Å². The Hall–Kier alpha value is -4.22. The number of nitrogens with zero attached hydrogens (tertiary/aromatic N) is 3. The Morgan fingerprint density at radius 3 is 2.32 bits per heavy atom. The van der Waals surface area contributed by atoms with Crippen molar-refractivity contribution in [3.05, 3.63) is 91.9 Å². The van der Waals surface area contributed by atoms with Crippen molar-refractivity contribution in [3.8, 4) is 11.8 Å². The maximum Gasteiger partial charge on any atom is 0.357 e. The highest BCUT2D eigenvalue weighted by Gasteiger charge is 2.21. The minimum absolute atomic E-state index is 0.123. The average molecular weight is 436 g/mol. The van der Waals surface area contributed by atoms with Crippen molar-refractivity contribution in [2.45, 2.75) is 0 Å². The van der Waals surface area contributed by atoms with Gasteiger partial charge in [0.15, 0.2) is 5.69 Å². The third kappa shape index (κ3) is 4.52. The molecule has 0 aliphatic carbocycles. The molecule has 1 aromatic heterocycles. The Morgan fingerprint density at radius 2 is 1.77 bits per heavy atom. The Kier molecular flexibility index (Phi) is 6.29. The zero-order valence-electron chi connectivity index (χ0n) is 16.1. The van der Waals surface area contributed by atoms with Crippen molar-refractivity contribution < 1.29 is 19.4 Å². The zero-order valence-corrected chi connectivity index (χ0v) is 16.8. The third-order valence-corrected chi connectivity index (χ3v) is 4.54. The quantitative estimate of drug-likeness (QED) is 0.609. The maximum atomic E-state index is 12.8. The number of carboxylic acids is 1. The van der Waals surface area contributed by atoms with Crippen molar-refractivity contribution in [3.63, 3.8) is 0 Å². The van der Waals surface area contributed by atoms with Gasteiger partial charge in [-0.15, -0.1) is 0 Å². The number of halogens is 1. The smallest absolute Gasteiger partial charge is 0.357 e. The van der Waals surface area contributed by atoms with E-state index in [2.05, 4.69) is 9.84 Å². The lowest BCUT2D eigenvalue weighted by Gasteiger charge is -2.09. The second-order valence-corrected chi connectivity index (χ2v) is 6.63. The first kappa shape index (κ1) is 21.5. The SMILES string of the molecule is COC(=O)c1ccc(/C=C\c2c(C(=O)O)nn(-c3ccc(Cl)cc3)c(=O)c2C#N)cc1. The van der Waals surface area contributed by atoms with E-state index in [-0.39, 0.29) is 16.8 Å². The molecule has 0 amide bonds. The summed E-state index contributed by atoms with van der Waals surface area (Å²) in [5.74, 6) is -1.90. The van der Waals surface area contributed by atoms with Gasteiger partial charge in [-0.3, -0.25) is 4.79 Å². The molecule has 31 heavy (non-hydrogen) atoms. The molecule has 0 unspecified atom stereocenters. The van der Waals surface area contributed by atoms with Crippen LogP contribution in [0.15, 0.2) is 53.3 Å². The van der Waals surface area contributed by atoms with Crippen LogP contribution in [-0.4, -0.2) is 33.9 Å². The third-order valence-electron chi connectivity index (χ3n) is 4.29. The molecule has 0 aliphatic rings. The summed E-state index contributed by atoms with van der Waals surface area (Å²) >= 11 is 5.85. The Labute approximate surface area is 181 Å². The molecule has 0 fully saturated rings. The number of carbonyl (C=O) groups excluding carboxylic acids is 1. The Bertz CT molecular complexity index is 1290. The van der Waals surface area contributed by atoms with Gasteiger partial charge in [-0.2, -0.15) is 15.0 Å². The number of aromatic nitrogens is 2. The number of ether oxygens (including phenoxy) is 1. The second-order valence-electron chi connectivity index (χ2n) is 6.19. The topological polar surface area (TPSA) is 122 Å². The number of hydrogen-bond acceptors (Lipinski definition) is 6. The lowest BCUT2D eigenvalue weighted by atomic mass is 10.1. The minimum atomic E-state index is -1.40. The van der Waals surface area contributed by atoms with Gasteiger partial charge in [-0.1, -0.05) is 35.9 Å². The molecule has 9 heteroatoms. The molecule has 154 valence electrons. The van der Waals surface area contributed by atoms with E-state index < -0.39 is 23.2 Å². The van der Waals surface area contributed by atoms with Gasteiger partial charge in [0.25, 0.3) is 5.56 Å². The molecule has 0 radical (unpaired) electrons. The van der Waals surface area contributed by atoms with Crippen LogP contribution < -0.4 is 5.56 Å². The number of hydrogen-bond donors (Lipinski definition) is 1. The van der Waals surface area contributed by atoms with Gasteiger partial charge in [0, 0.05) is 10.6 Å². The molecular formula is C22H14ClN3O5. The first-order valence-corrected chi connectivity index (χ1v) is 9.16. The van der Waals surface area contributed by atoms with Crippen LogP contribution >= 0.6 is 11.6 Å². The molecular weight excluding hydrogens is 422 g/mol. The molecule has 8 nitrogen and oxygen atoms in total. The molecule has 1 heterocycles. The van der Waals surface area contributed by atoms with Crippen LogP contribution in [0.4, 0.5) is 0 Å². The summed E-state index contributed by atoms with van der Waals surface area (Å²) in [4.78, 5) is 36.1. The monoisotopic (exact) mass is 435 g/mol. The molecule has 0 atom stereocenters. The fraction of sp³-hybridized carbons (Fsp3) is 0.0455. The number of methoxy groups -OCH3 is 1. The molecule has 3 rings (SSSR count). The van der Waals surface area contributed by atoms with Gasteiger partial charge in [0.05, 0.1) is 18.4 Å². The number of carbonyl (C=O) groups is 2. The van der Waals surface area contributed by atoms with Crippen molar-refractivity contribution in [2.24, 2.45) is 0 Å². The zero-order chi connectivity index (χ0) is 22.5. The summed E-state index contributed by atoms with van der Waals surface area (Å²) in [5.41, 5.74) is -0.510. The van der Waals surface area contributed by atoms with Crippen molar-refractivity contribution >= 4 is 35.7 Å². The molecule has 3 aromatic rings. The predicted octanol–water partition coefficient (Wildman–Crippen LogP) is 3.41. The van der Waals surface area contributed by atoms with Gasteiger partial charge in [0.2, 0.25) is 0 Å². The Morgan fingerprint density at radius 1 is 1.13 bits per heavy atom. The standard InChI is InChI=1S/C22H14ClN3O5/c1-31-22(30)14-5-2-13(3-6-14)4-11-17-18(12-24)20(27)26(25-19(17)21(28)29)16-9-7-15(23)8-10-16/h2-11H,1H3,(H,28,29)/b11-4-. The van der Waals surface area contributed by atoms with Gasteiger partial charge in [-0.25, -0.2) is 9.59 Å². The van der Waals surface area contributed by atoms with E-state index in [9.17, 15) is 24.8 Å². The summed E-state index contributed by atoms with van der Waals surface area (Å²) in [6, 6.07) is 14.1. The van der Waals surface area contributed by atoms with Gasteiger partial charge < -0.3 is 9.84 Å². The van der Waals surface area contributed by atoms with Crippen molar-refractivity contribution in [1.82, 2.24) is 9.78 Å². The first-order valence-electron chi connectivity index (χ1n) is 8.79. The van der Waals surface area contributed by atoms with Crippen LogP contribution in [-0.2, 0) is 4.74 Å². The summed E-state index contributed by atoms with van der Waals surface area (Å²) in [6.07, 6.45) is 2.84. The van der Waals surface area contributed by atoms with Gasteiger partial charge >= 0.3 is 11.9 Å². The lowest BCUT2D eigenvalue weighted by Crippen LogP contribution is -2.28. The van der Waals surface area contributed by atoms with E-state index >= 15 is 0 Å². The average Bonchev–Trinajstić information content (AvgIpc) is 2.78. The van der Waals surface area contributed by atoms with E-state index in [0.717, 1.165) is 4.68 Å². The number of esters is 1. The first-order chi connectivity index (χ1) is 14.8. The largest absolute Gasteiger partial charge is 0.476 e. The highest BCUT2D eigenvalue weighted by molar-refractivity contribution is 6.30. The van der Waals surface area contributed by atoms with Crippen LogP contribution in [0.1, 0.15) is 37.5 Å². The highest BCUT2D eigenvalue weighted by Crippen LogP contribution is 2.17. The van der Waals surface area contributed by atoms with E-state index in [0.29, 0.717) is 16.1 Å².